The van der Waals surface area contributed by atoms with Crippen molar-refractivity contribution in [2.45, 2.75) is 32.3 Å². The summed E-state index contributed by atoms with van der Waals surface area (Å²) < 4.78 is 19.2. The minimum Gasteiger partial charge on any atom is -0.378 e. The topological polar surface area (TPSA) is 38.3 Å². The smallest absolute Gasteiger partial charge is 0.254 e. The molecule has 0 aromatic heterocycles. The predicted octanol–water partition coefficient (Wildman–Crippen LogP) is 2.43. The van der Waals surface area contributed by atoms with Crippen LogP contribution in [0.3, 0.4) is 0 Å². The number of rotatable bonds is 4. The number of nitrogens with one attached hydrogen (secondary N) is 1. The largest absolute Gasteiger partial charge is 0.378 e. The number of halogens is 1. The maximum atomic E-state index is 13.7. The van der Waals surface area contributed by atoms with Crippen molar-refractivity contribution in [1.29, 1.82) is 0 Å². The maximum absolute atomic E-state index is 13.7. The molecule has 4 heteroatoms. The molecule has 2 rings (SSSR count). The minimum atomic E-state index is -0.438. The quantitative estimate of drug-likeness (QED) is 0.892. The van der Waals surface area contributed by atoms with E-state index in [4.69, 9.17) is 4.74 Å². The zero-order valence-corrected chi connectivity index (χ0v) is 10.5. The Morgan fingerprint density at radius 3 is 3.11 bits per heavy atom. The first kappa shape index (κ1) is 13.0. The van der Waals surface area contributed by atoms with Gasteiger partial charge in [0.1, 0.15) is 5.82 Å². The average molecular weight is 251 g/mol. The van der Waals surface area contributed by atoms with Crippen molar-refractivity contribution >= 4 is 5.91 Å². The molecule has 3 nitrogen and oxygen atoms in total. The molecule has 0 radical (unpaired) electrons. The van der Waals surface area contributed by atoms with E-state index in [0.717, 1.165) is 25.9 Å². The van der Waals surface area contributed by atoms with E-state index in [-0.39, 0.29) is 17.6 Å². The first-order valence-corrected chi connectivity index (χ1v) is 6.33. The number of hydrogen-bond acceptors (Lipinski definition) is 2. The van der Waals surface area contributed by atoms with E-state index in [0.29, 0.717) is 12.1 Å². The number of aryl methyl sites for hydroxylation is 1. The van der Waals surface area contributed by atoms with Gasteiger partial charge in [0, 0.05) is 13.2 Å². The molecule has 1 aromatic carbocycles. The first-order valence-electron chi connectivity index (χ1n) is 6.33. The Hall–Kier alpha value is -1.42. The minimum absolute atomic E-state index is 0.113. The highest BCUT2D eigenvalue weighted by Gasteiger charge is 2.16. The summed E-state index contributed by atoms with van der Waals surface area (Å²) >= 11 is 0. The summed E-state index contributed by atoms with van der Waals surface area (Å²) in [4.78, 5) is 11.8. The van der Waals surface area contributed by atoms with Gasteiger partial charge in [-0.05, 0) is 37.8 Å². The molecule has 1 fully saturated rings. The first-order chi connectivity index (χ1) is 8.68. The van der Waals surface area contributed by atoms with Crippen molar-refractivity contribution < 1.29 is 13.9 Å². The molecule has 1 aliphatic heterocycles. The highest BCUT2D eigenvalue weighted by atomic mass is 19.1. The number of benzene rings is 1. The van der Waals surface area contributed by atoms with E-state index in [1.165, 1.54) is 6.07 Å². The second kappa shape index (κ2) is 5.96. The van der Waals surface area contributed by atoms with Crippen molar-refractivity contribution in [3.05, 3.63) is 35.1 Å². The van der Waals surface area contributed by atoms with Gasteiger partial charge in [0.15, 0.2) is 0 Å². The zero-order valence-electron chi connectivity index (χ0n) is 10.5. The lowest BCUT2D eigenvalue weighted by atomic mass is 10.1. The Kier molecular flexibility index (Phi) is 4.31. The highest BCUT2D eigenvalue weighted by Crippen LogP contribution is 2.15. The van der Waals surface area contributed by atoms with Gasteiger partial charge in [0.05, 0.1) is 11.7 Å². The number of carbonyl (C=O) groups is 1. The van der Waals surface area contributed by atoms with Gasteiger partial charge in [-0.25, -0.2) is 4.39 Å². The summed E-state index contributed by atoms with van der Waals surface area (Å²) in [5.41, 5.74) is 0.601. The highest BCUT2D eigenvalue weighted by molar-refractivity contribution is 5.94. The lowest BCUT2D eigenvalue weighted by molar-refractivity contribution is 0.0904. The molecule has 1 atom stereocenters. The molecule has 0 saturated carbocycles. The van der Waals surface area contributed by atoms with E-state index in [1.54, 1.807) is 19.1 Å². The van der Waals surface area contributed by atoms with Crippen LogP contribution in [-0.2, 0) is 4.74 Å². The number of amides is 1. The third-order valence-corrected chi connectivity index (χ3v) is 3.21. The molecule has 1 N–H and O–H groups in total. The predicted molar refractivity (Wildman–Crippen MR) is 67.1 cm³/mol. The number of ether oxygens (including phenoxy) is 1. The molecule has 1 unspecified atom stereocenters. The average Bonchev–Trinajstić information content (AvgIpc) is 2.85. The van der Waals surface area contributed by atoms with Crippen LogP contribution in [0.4, 0.5) is 4.39 Å². The fourth-order valence-electron chi connectivity index (χ4n) is 2.14. The lowest BCUT2D eigenvalue weighted by Gasteiger charge is -2.10. The molecule has 98 valence electrons. The normalized spacial score (nSPS) is 18.9. The standard InChI is InChI=1S/C14H18FNO2/c1-10-4-2-6-12(13(10)15)14(17)16-8-7-11-5-3-9-18-11/h2,4,6,11H,3,5,7-9H2,1H3,(H,16,17). The van der Waals surface area contributed by atoms with Gasteiger partial charge >= 0.3 is 0 Å². The van der Waals surface area contributed by atoms with Gasteiger partial charge in [-0.2, -0.15) is 0 Å². The Bertz CT molecular complexity index is 428. The van der Waals surface area contributed by atoms with Crippen LogP contribution in [0, 0.1) is 12.7 Å². The summed E-state index contributed by atoms with van der Waals surface area (Å²) in [5.74, 6) is -0.790. The Morgan fingerprint density at radius 2 is 2.39 bits per heavy atom. The van der Waals surface area contributed by atoms with Crippen LogP contribution in [0.25, 0.3) is 0 Å². The summed E-state index contributed by atoms with van der Waals surface area (Å²) in [6, 6.07) is 4.84. The van der Waals surface area contributed by atoms with Crippen LogP contribution < -0.4 is 5.32 Å². The van der Waals surface area contributed by atoms with Gasteiger partial charge in [0.2, 0.25) is 0 Å². The second-order valence-electron chi connectivity index (χ2n) is 4.62. The van der Waals surface area contributed by atoms with Crippen LogP contribution in [-0.4, -0.2) is 25.2 Å². The number of hydrogen-bond donors (Lipinski definition) is 1. The van der Waals surface area contributed by atoms with E-state index in [9.17, 15) is 9.18 Å². The summed E-state index contributed by atoms with van der Waals surface area (Å²) in [7, 11) is 0. The zero-order chi connectivity index (χ0) is 13.0. The van der Waals surface area contributed by atoms with Crippen molar-refractivity contribution in [1.82, 2.24) is 5.32 Å². The molecule has 1 amide bonds. The molecule has 0 aliphatic carbocycles. The molecule has 1 heterocycles. The third-order valence-electron chi connectivity index (χ3n) is 3.21. The Labute approximate surface area is 106 Å². The van der Waals surface area contributed by atoms with Crippen molar-refractivity contribution in [3.63, 3.8) is 0 Å². The maximum Gasteiger partial charge on any atom is 0.254 e. The second-order valence-corrected chi connectivity index (χ2v) is 4.62. The molecule has 0 bridgehead atoms. The fraction of sp³-hybridized carbons (Fsp3) is 0.500. The van der Waals surface area contributed by atoms with Crippen molar-refractivity contribution in [3.8, 4) is 0 Å². The van der Waals surface area contributed by atoms with E-state index in [2.05, 4.69) is 5.32 Å². The number of carbonyl (C=O) groups excluding carboxylic acids is 1. The molecular formula is C14H18FNO2. The molecule has 1 aliphatic rings. The van der Waals surface area contributed by atoms with Crippen LogP contribution in [0.2, 0.25) is 0 Å². The molecule has 1 aromatic rings. The van der Waals surface area contributed by atoms with Gasteiger partial charge < -0.3 is 10.1 Å². The Balaban J connectivity index is 1.85. The van der Waals surface area contributed by atoms with E-state index >= 15 is 0 Å². The summed E-state index contributed by atoms with van der Waals surface area (Å²) in [6.07, 6.45) is 3.17. The van der Waals surface area contributed by atoms with Crippen LogP contribution in [0.5, 0.6) is 0 Å². The van der Waals surface area contributed by atoms with Crippen LogP contribution >= 0.6 is 0 Å². The van der Waals surface area contributed by atoms with E-state index < -0.39 is 5.82 Å². The van der Waals surface area contributed by atoms with E-state index in [1.807, 2.05) is 0 Å². The molecule has 1 saturated heterocycles. The summed E-state index contributed by atoms with van der Waals surface area (Å²) in [6.45, 7) is 2.99. The fourth-order valence-corrected chi connectivity index (χ4v) is 2.14. The monoisotopic (exact) mass is 251 g/mol. The van der Waals surface area contributed by atoms with Crippen LogP contribution in [0.1, 0.15) is 35.2 Å². The molecule has 0 spiro atoms. The SMILES string of the molecule is Cc1cccc(C(=O)NCCC2CCCO2)c1F. The van der Waals surface area contributed by atoms with Crippen molar-refractivity contribution in [2.75, 3.05) is 13.2 Å². The van der Waals surface area contributed by atoms with Crippen molar-refractivity contribution in [2.24, 2.45) is 0 Å². The van der Waals surface area contributed by atoms with Gasteiger partial charge in [-0.15, -0.1) is 0 Å². The van der Waals surface area contributed by atoms with Gasteiger partial charge in [-0.3, -0.25) is 4.79 Å². The lowest BCUT2D eigenvalue weighted by Crippen LogP contribution is -2.27. The molecular weight excluding hydrogens is 233 g/mol. The van der Waals surface area contributed by atoms with Crippen LogP contribution in [0.15, 0.2) is 18.2 Å². The van der Waals surface area contributed by atoms with Gasteiger partial charge in [0.25, 0.3) is 5.91 Å². The molecule has 18 heavy (non-hydrogen) atoms. The van der Waals surface area contributed by atoms with Gasteiger partial charge in [-0.1, -0.05) is 12.1 Å². The Morgan fingerprint density at radius 1 is 1.56 bits per heavy atom. The summed E-state index contributed by atoms with van der Waals surface area (Å²) in [5, 5.41) is 2.73. The third kappa shape index (κ3) is 3.07.